The molecule has 8 heteroatoms. The van der Waals surface area contributed by atoms with Crippen LogP contribution in [0.15, 0.2) is 12.4 Å². The molecule has 2 amide bonds. The summed E-state index contributed by atoms with van der Waals surface area (Å²) >= 11 is 0. The highest BCUT2D eigenvalue weighted by Crippen LogP contribution is 2.22. The molecular weight excluding hydrogens is 306 g/mol. The monoisotopic (exact) mass is 331 g/mol. The van der Waals surface area contributed by atoms with Gasteiger partial charge in [0.15, 0.2) is 0 Å². The number of fused-ring (bicyclic) bond motifs is 1. The van der Waals surface area contributed by atoms with Crippen molar-refractivity contribution in [3.63, 3.8) is 0 Å². The Morgan fingerprint density at radius 3 is 3.08 bits per heavy atom. The number of aryl methyl sites for hydroxylation is 4. The van der Waals surface area contributed by atoms with Crippen molar-refractivity contribution in [1.82, 2.24) is 35.2 Å². The number of hydrogen-bond acceptors (Lipinski definition) is 4. The van der Waals surface area contributed by atoms with Crippen molar-refractivity contribution < 1.29 is 4.79 Å². The SMILES string of the molecule is Cc1nc2n(n1)CCC[C@H]2NC(=O)NCCCCc1cnn(C)c1. The van der Waals surface area contributed by atoms with Crippen LogP contribution in [0, 0.1) is 6.92 Å². The van der Waals surface area contributed by atoms with Gasteiger partial charge in [-0.1, -0.05) is 0 Å². The molecule has 0 spiro atoms. The van der Waals surface area contributed by atoms with Gasteiger partial charge in [0.25, 0.3) is 0 Å². The van der Waals surface area contributed by atoms with Crippen LogP contribution in [0.5, 0.6) is 0 Å². The molecule has 0 bridgehead atoms. The van der Waals surface area contributed by atoms with Crippen LogP contribution in [-0.2, 0) is 20.0 Å². The molecule has 8 nitrogen and oxygen atoms in total. The fraction of sp³-hybridized carbons (Fsp3) is 0.625. The van der Waals surface area contributed by atoms with Gasteiger partial charge in [-0.05, 0) is 44.6 Å². The minimum atomic E-state index is -0.129. The first kappa shape index (κ1) is 16.5. The zero-order valence-corrected chi connectivity index (χ0v) is 14.3. The number of nitrogens with zero attached hydrogens (tertiary/aromatic N) is 5. The lowest BCUT2D eigenvalue weighted by molar-refractivity contribution is 0.232. The number of hydrogen-bond donors (Lipinski definition) is 2. The Morgan fingerprint density at radius 1 is 1.42 bits per heavy atom. The summed E-state index contributed by atoms with van der Waals surface area (Å²) in [6.45, 7) is 3.43. The summed E-state index contributed by atoms with van der Waals surface area (Å²) in [6, 6.07) is -0.175. The van der Waals surface area contributed by atoms with Gasteiger partial charge in [-0.2, -0.15) is 10.2 Å². The third-order valence-electron chi connectivity index (χ3n) is 4.22. The van der Waals surface area contributed by atoms with E-state index in [1.54, 1.807) is 0 Å². The van der Waals surface area contributed by atoms with Gasteiger partial charge in [-0.15, -0.1) is 0 Å². The van der Waals surface area contributed by atoms with E-state index >= 15 is 0 Å². The average molecular weight is 331 g/mol. The minimum Gasteiger partial charge on any atom is -0.338 e. The summed E-state index contributed by atoms with van der Waals surface area (Å²) in [7, 11) is 1.92. The number of unbranched alkanes of at least 4 members (excludes halogenated alkanes) is 1. The molecule has 0 unspecified atom stereocenters. The van der Waals surface area contributed by atoms with E-state index in [-0.39, 0.29) is 12.1 Å². The van der Waals surface area contributed by atoms with E-state index in [0.29, 0.717) is 6.54 Å². The van der Waals surface area contributed by atoms with Gasteiger partial charge >= 0.3 is 6.03 Å². The number of rotatable bonds is 6. The van der Waals surface area contributed by atoms with Gasteiger partial charge in [0.2, 0.25) is 0 Å². The van der Waals surface area contributed by atoms with Gasteiger partial charge in [-0.3, -0.25) is 4.68 Å². The van der Waals surface area contributed by atoms with E-state index in [9.17, 15) is 4.79 Å². The molecule has 24 heavy (non-hydrogen) atoms. The van der Waals surface area contributed by atoms with Crippen molar-refractivity contribution in [3.05, 3.63) is 29.6 Å². The van der Waals surface area contributed by atoms with Gasteiger partial charge in [0.1, 0.15) is 11.6 Å². The maximum absolute atomic E-state index is 12.1. The van der Waals surface area contributed by atoms with Crippen molar-refractivity contribution >= 4 is 6.03 Å². The molecule has 0 saturated heterocycles. The second-order valence-corrected chi connectivity index (χ2v) is 6.31. The summed E-state index contributed by atoms with van der Waals surface area (Å²) in [5.74, 6) is 1.62. The van der Waals surface area contributed by atoms with E-state index in [0.717, 1.165) is 50.3 Å². The van der Waals surface area contributed by atoms with Crippen LogP contribution in [0.2, 0.25) is 0 Å². The quantitative estimate of drug-likeness (QED) is 0.785. The van der Waals surface area contributed by atoms with E-state index in [4.69, 9.17) is 0 Å². The fourth-order valence-electron chi connectivity index (χ4n) is 3.07. The van der Waals surface area contributed by atoms with Gasteiger partial charge < -0.3 is 10.6 Å². The van der Waals surface area contributed by atoms with Gasteiger partial charge in [0, 0.05) is 26.3 Å². The normalized spacial score (nSPS) is 16.7. The second-order valence-electron chi connectivity index (χ2n) is 6.31. The van der Waals surface area contributed by atoms with E-state index in [1.807, 2.05) is 35.7 Å². The molecular formula is C16H25N7O. The van der Waals surface area contributed by atoms with Crippen molar-refractivity contribution in [2.45, 2.75) is 51.6 Å². The molecule has 130 valence electrons. The first-order valence-electron chi connectivity index (χ1n) is 8.55. The largest absolute Gasteiger partial charge is 0.338 e. The number of carbonyl (C=O) groups is 1. The van der Waals surface area contributed by atoms with Gasteiger partial charge in [-0.25, -0.2) is 14.5 Å². The predicted molar refractivity (Wildman–Crippen MR) is 89.4 cm³/mol. The second kappa shape index (κ2) is 7.46. The van der Waals surface area contributed by atoms with Crippen molar-refractivity contribution in [3.8, 4) is 0 Å². The molecule has 2 aromatic rings. The van der Waals surface area contributed by atoms with E-state index in [1.165, 1.54) is 5.56 Å². The van der Waals surface area contributed by atoms with Crippen LogP contribution in [0.3, 0.4) is 0 Å². The first-order valence-corrected chi connectivity index (χ1v) is 8.55. The smallest absolute Gasteiger partial charge is 0.315 e. The summed E-state index contributed by atoms with van der Waals surface area (Å²) in [5, 5.41) is 14.4. The maximum atomic E-state index is 12.1. The van der Waals surface area contributed by atoms with Crippen LogP contribution in [0.1, 0.15) is 48.9 Å². The fourth-order valence-corrected chi connectivity index (χ4v) is 3.07. The Bertz CT molecular complexity index is 690. The summed E-state index contributed by atoms with van der Waals surface area (Å²) in [6.07, 6.45) is 8.80. The van der Waals surface area contributed by atoms with Crippen molar-refractivity contribution in [2.24, 2.45) is 7.05 Å². The summed E-state index contributed by atoms with van der Waals surface area (Å²) in [5.41, 5.74) is 1.24. The van der Waals surface area contributed by atoms with Crippen LogP contribution in [0.25, 0.3) is 0 Å². The number of nitrogens with one attached hydrogen (secondary N) is 2. The maximum Gasteiger partial charge on any atom is 0.315 e. The van der Waals surface area contributed by atoms with Crippen molar-refractivity contribution in [2.75, 3.05) is 6.54 Å². The molecule has 3 rings (SSSR count). The Balaban J connectivity index is 1.37. The highest BCUT2D eigenvalue weighted by atomic mass is 16.2. The Labute approximate surface area is 141 Å². The lowest BCUT2D eigenvalue weighted by Crippen LogP contribution is -2.40. The molecule has 0 fully saturated rings. The molecule has 3 heterocycles. The molecule has 0 radical (unpaired) electrons. The highest BCUT2D eigenvalue weighted by Gasteiger charge is 2.24. The Hall–Kier alpha value is -2.38. The standard InChI is InChI=1S/C16H25N7O/c1-12-19-15-14(7-5-9-23(15)21-12)20-16(24)17-8-4-3-6-13-10-18-22(2)11-13/h10-11,14H,3-9H2,1-2H3,(H2,17,20,24)/t14-/m1/s1. The zero-order valence-electron chi connectivity index (χ0n) is 14.3. The van der Waals surface area contributed by atoms with Gasteiger partial charge in [0.05, 0.1) is 12.2 Å². The number of aromatic nitrogens is 5. The first-order chi connectivity index (χ1) is 11.6. The molecule has 2 N–H and O–H groups in total. The van der Waals surface area contributed by atoms with Crippen LogP contribution in [0.4, 0.5) is 4.79 Å². The van der Waals surface area contributed by atoms with Crippen LogP contribution in [-0.4, -0.2) is 37.1 Å². The predicted octanol–water partition coefficient (Wildman–Crippen LogP) is 1.48. The lowest BCUT2D eigenvalue weighted by atomic mass is 10.1. The number of urea groups is 1. The minimum absolute atomic E-state index is 0.0460. The summed E-state index contributed by atoms with van der Waals surface area (Å²) < 4.78 is 3.71. The molecule has 2 aromatic heterocycles. The zero-order chi connectivity index (χ0) is 16.9. The summed E-state index contributed by atoms with van der Waals surface area (Å²) in [4.78, 5) is 16.5. The van der Waals surface area contributed by atoms with E-state index < -0.39 is 0 Å². The molecule has 1 aliphatic heterocycles. The molecule has 0 saturated carbocycles. The third-order valence-corrected chi connectivity index (χ3v) is 4.22. The number of carbonyl (C=O) groups excluding carboxylic acids is 1. The average Bonchev–Trinajstić information content (AvgIpc) is 3.12. The Morgan fingerprint density at radius 2 is 2.29 bits per heavy atom. The number of amides is 2. The molecule has 1 atom stereocenters. The molecule has 0 aromatic carbocycles. The third kappa shape index (κ3) is 4.12. The molecule has 1 aliphatic rings. The topological polar surface area (TPSA) is 89.7 Å². The Kier molecular flexibility index (Phi) is 5.12. The lowest BCUT2D eigenvalue weighted by Gasteiger charge is -2.23. The van der Waals surface area contributed by atoms with Crippen LogP contribution >= 0.6 is 0 Å². The molecule has 0 aliphatic carbocycles. The van der Waals surface area contributed by atoms with E-state index in [2.05, 4.69) is 25.8 Å². The van der Waals surface area contributed by atoms with Crippen molar-refractivity contribution in [1.29, 1.82) is 0 Å². The van der Waals surface area contributed by atoms with Crippen LogP contribution < -0.4 is 10.6 Å². The highest BCUT2D eigenvalue weighted by molar-refractivity contribution is 5.74.